The summed E-state index contributed by atoms with van der Waals surface area (Å²) in [6.07, 6.45) is 0.884. The lowest BCUT2D eigenvalue weighted by Crippen LogP contribution is -2.43. The lowest BCUT2D eigenvalue weighted by molar-refractivity contribution is -0.120. The Morgan fingerprint density at radius 2 is 1.83 bits per heavy atom. The Morgan fingerprint density at radius 3 is 2.59 bits per heavy atom. The Labute approximate surface area is 168 Å². The molecular weight excluding hydrogens is 368 g/mol. The van der Waals surface area contributed by atoms with Crippen molar-refractivity contribution in [2.24, 2.45) is 0 Å². The van der Waals surface area contributed by atoms with Crippen molar-refractivity contribution in [1.29, 1.82) is 0 Å². The number of amides is 2. The zero-order valence-electron chi connectivity index (χ0n) is 15.9. The van der Waals surface area contributed by atoms with Gasteiger partial charge >= 0.3 is 6.09 Å². The third kappa shape index (κ3) is 4.45. The van der Waals surface area contributed by atoms with E-state index in [-0.39, 0.29) is 12.5 Å². The van der Waals surface area contributed by atoms with Crippen molar-refractivity contribution in [2.45, 2.75) is 25.5 Å². The van der Waals surface area contributed by atoms with E-state index >= 15 is 0 Å². The summed E-state index contributed by atoms with van der Waals surface area (Å²) in [5.74, 6) is 0.170. The lowest BCUT2D eigenvalue weighted by Gasteiger charge is -2.22. The van der Waals surface area contributed by atoms with E-state index in [1.807, 2.05) is 60.7 Å². The second-order valence-corrected chi connectivity index (χ2v) is 6.91. The van der Waals surface area contributed by atoms with Crippen molar-refractivity contribution in [3.63, 3.8) is 0 Å². The summed E-state index contributed by atoms with van der Waals surface area (Å²) in [4.78, 5) is 26.7. The molecule has 1 saturated heterocycles. The summed E-state index contributed by atoms with van der Waals surface area (Å²) in [7, 11) is 0. The molecule has 1 unspecified atom stereocenters. The maximum Gasteiger partial charge on any atom is 0.410 e. The predicted molar refractivity (Wildman–Crippen MR) is 109 cm³/mol. The molecule has 2 heterocycles. The third-order valence-corrected chi connectivity index (χ3v) is 4.91. The number of aromatic amines is 1. The molecule has 2 aromatic carbocycles. The van der Waals surface area contributed by atoms with E-state index < -0.39 is 12.1 Å². The molecule has 0 radical (unpaired) electrons. The van der Waals surface area contributed by atoms with Crippen LogP contribution in [0.2, 0.25) is 0 Å². The number of nitrogens with zero attached hydrogens (tertiary/aromatic N) is 2. The fourth-order valence-electron chi connectivity index (χ4n) is 3.42. The van der Waals surface area contributed by atoms with E-state index in [1.54, 1.807) is 6.07 Å². The van der Waals surface area contributed by atoms with Gasteiger partial charge < -0.3 is 10.1 Å². The molecule has 29 heavy (non-hydrogen) atoms. The van der Waals surface area contributed by atoms with Crippen molar-refractivity contribution in [1.82, 2.24) is 15.1 Å². The standard InChI is InChI=1S/C22H22N4O3/c27-21(23-20-14-18(24-25-20)17-10-5-2-6-11-17)19-12-7-13-26(19)22(28)29-15-16-8-3-1-4-9-16/h1-6,8-11,14,19H,7,12-13,15H2,(H2,23,24,25,27). The maximum atomic E-state index is 12.7. The monoisotopic (exact) mass is 390 g/mol. The number of carbonyl (C=O) groups excluding carboxylic acids is 2. The van der Waals surface area contributed by atoms with Crippen LogP contribution in [0.25, 0.3) is 11.3 Å². The van der Waals surface area contributed by atoms with E-state index in [9.17, 15) is 9.59 Å². The third-order valence-electron chi connectivity index (χ3n) is 4.91. The van der Waals surface area contributed by atoms with Gasteiger partial charge in [0.25, 0.3) is 0 Å². The molecule has 7 nitrogen and oxygen atoms in total. The smallest absolute Gasteiger partial charge is 0.410 e. The number of ether oxygens (including phenoxy) is 1. The number of carbonyl (C=O) groups is 2. The number of anilines is 1. The van der Waals surface area contributed by atoms with E-state index in [0.29, 0.717) is 18.8 Å². The molecule has 1 aliphatic heterocycles. The predicted octanol–water partition coefficient (Wildman–Crippen LogP) is 3.82. The molecule has 1 aliphatic rings. The minimum absolute atomic E-state index is 0.185. The Balaban J connectivity index is 1.36. The second-order valence-electron chi connectivity index (χ2n) is 6.91. The molecule has 3 aromatic rings. The topological polar surface area (TPSA) is 87.3 Å². The van der Waals surface area contributed by atoms with Gasteiger partial charge in [0.05, 0.1) is 5.69 Å². The van der Waals surface area contributed by atoms with Crippen molar-refractivity contribution in [3.05, 3.63) is 72.3 Å². The summed E-state index contributed by atoms with van der Waals surface area (Å²) < 4.78 is 5.39. The number of hydrogen-bond acceptors (Lipinski definition) is 4. The van der Waals surface area contributed by atoms with Gasteiger partial charge in [-0.3, -0.25) is 14.8 Å². The molecule has 7 heteroatoms. The zero-order chi connectivity index (χ0) is 20.1. The minimum atomic E-state index is -0.560. The van der Waals surface area contributed by atoms with E-state index in [1.165, 1.54) is 4.90 Å². The van der Waals surface area contributed by atoms with Crippen LogP contribution in [0.5, 0.6) is 0 Å². The van der Waals surface area contributed by atoms with Crippen LogP contribution < -0.4 is 5.32 Å². The Bertz CT molecular complexity index is 972. The summed E-state index contributed by atoms with van der Waals surface area (Å²) in [5, 5.41) is 9.88. The van der Waals surface area contributed by atoms with Crippen molar-refractivity contribution >= 4 is 17.8 Å². The minimum Gasteiger partial charge on any atom is -0.445 e. The van der Waals surface area contributed by atoms with Crippen molar-refractivity contribution in [2.75, 3.05) is 11.9 Å². The van der Waals surface area contributed by atoms with Crippen molar-refractivity contribution in [3.8, 4) is 11.3 Å². The highest BCUT2D eigenvalue weighted by atomic mass is 16.6. The molecule has 0 saturated carbocycles. The highest BCUT2D eigenvalue weighted by Crippen LogP contribution is 2.22. The SMILES string of the molecule is O=C(Nc1cc(-c2ccccc2)[nH]n1)C1CCCN1C(=O)OCc1ccccc1. The first kappa shape index (κ1) is 18.7. The number of rotatable bonds is 5. The van der Waals surface area contributed by atoms with E-state index in [0.717, 1.165) is 23.2 Å². The van der Waals surface area contributed by atoms with Crippen molar-refractivity contribution < 1.29 is 14.3 Å². The highest BCUT2D eigenvalue weighted by Gasteiger charge is 2.35. The fraction of sp³-hybridized carbons (Fsp3) is 0.227. The normalized spacial score (nSPS) is 15.9. The van der Waals surface area contributed by atoms with Crippen LogP contribution in [0, 0.1) is 0 Å². The lowest BCUT2D eigenvalue weighted by atomic mass is 10.1. The number of aromatic nitrogens is 2. The van der Waals surface area contributed by atoms with Crippen LogP contribution in [0.15, 0.2) is 66.7 Å². The molecule has 0 bridgehead atoms. The molecule has 0 aliphatic carbocycles. The van der Waals surface area contributed by atoms with Gasteiger partial charge in [-0.2, -0.15) is 5.10 Å². The summed E-state index contributed by atoms with van der Waals surface area (Å²) in [6, 6.07) is 20.4. The van der Waals surface area contributed by atoms with Gasteiger partial charge in [0.1, 0.15) is 12.6 Å². The van der Waals surface area contributed by atoms with Crippen LogP contribution >= 0.6 is 0 Å². The van der Waals surface area contributed by atoms with Gasteiger partial charge in [-0.05, 0) is 24.0 Å². The van der Waals surface area contributed by atoms with E-state index in [2.05, 4.69) is 15.5 Å². The molecule has 1 atom stereocenters. The quantitative estimate of drug-likeness (QED) is 0.693. The molecule has 1 aromatic heterocycles. The first-order chi connectivity index (χ1) is 14.2. The molecule has 1 fully saturated rings. The number of H-pyrrole nitrogens is 1. The summed E-state index contributed by atoms with van der Waals surface area (Å²) in [6.45, 7) is 0.686. The van der Waals surface area contributed by atoms with Crippen LogP contribution in [-0.4, -0.2) is 39.7 Å². The number of nitrogens with one attached hydrogen (secondary N) is 2. The van der Waals surface area contributed by atoms with Crippen LogP contribution in [0.3, 0.4) is 0 Å². The average Bonchev–Trinajstić information content (AvgIpc) is 3.43. The highest BCUT2D eigenvalue weighted by molar-refractivity contribution is 5.96. The Kier molecular flexibility index (Phi) is 5.56. The molecule has 2 amide bonds. The van der Waals surface area contributed by atoms with Gasteiger partial charge in [-0.25, -0.2) is 4.79 Å². The number of benzene rings is 2. The van der Waals surface area contributed by atoms with Crippen LogP contribution in [0.4, 0.5) is 10.6 Å². The zero-order valence-corrected chi connectivity index (χ0v) is 15.9. The first-order valence-corrected chi connectivity index (χ1v) is 9.60. The fourth-order valence-corrected chi connectivity index (χ4v) is 3.42. The largest absolute Gasteiger partial charge is 0.445 e. The van der Waals surface area contributed by atoms with Crippen LogP contribution in [0.1, 0.15) is 18.4 Å². The summed E-state index contributed by atoms with van der Waals surface area (Å²) >= 11 is 0. The number of likely N-dealkylation sites (tertiary alicyclic amines) is 1. The van der Waals surface area contributed by atoms with Gasteiger partial charge in [0.15, 0.2) is 5.82 Å². The van der Waals surface area contributed by atoms with Gasteiger partial charge in [0, 0.05) is 12.6 Å². The van der Waals surface area contributed by atoms with E-state index in [4.69, 9.17) is 4.74 Å². The second kappa shape index (κ2) is 8.60. The molecule has 148 valence electrons. The summed E-state index contributed by atoms with van der Waals surface area (Å²) in [5.41, 5.74) is 2.70. The maximum absolute atomic E-state index is 12.7. The Morgan fingerprint density at radius 1 is 1.10 bits per heavy atom. The average molecular weight is 390 g/mol. The molecule has 2 N–H and O–H groups in total. The van der Waals surface area contributed by atoms with Gasteiger partial charge in [-0.15, -0.1) is 0 Å². The molecule has 0 spiro atoms. The van der Waals surface area contributed by atoms with Gasteiger partial charge in [-0.1, -0.05) is 60.7 Å². The van der Waals surface area contributed by atoms with Crippen LogP contribution in [-0.2, 0) is 16.1 Å². The number of hydrogen-bond donors (Lipinski definition) is 2. The Hall–Kier alpha value is -3.61. The van der Waals surface area contributed by atoms with Gasteiger partial charge in [0.2, 0.25) is 5.91 Å². The molecule has 4 rings (SSSR count). The first-order valence-electron chi connectivity index (χ1n) is 9.60. The molecular formula is C22H22N4O3.